The Labute approximate surface area is 127 Å². The van der Waals surface area contributed by atoms with E-state index in [0.29, 0.717) is 30.3 Å². The number of rotatable bonds is 3. The molecule has 0 aromatic carbocycles. The van der Waals surface area contributed by atoms with E-state index in [1.165, 1.54) is 16.9 Å². The highest BCUT2D eigenvalue weighted by Gasteiger charge is 2.23. The molecule has 110 valence electrons. The summed E-state index contributed by atoms with van der Waals surface area (Å²) in [6, 6.07) is 3.79. The molecule has 3 rings (SSSR count). The fourth-order valence-corrected chi connectivity index (χ4v) is 3.51. The van der Waals surface area contributed by atoms with Crippen LogP contribution >= 0.6 is 11.3 Å². The van der Waals surface area contributed by atoms with Gasteiger partial charge in [-0.05, 0) is 24.1 Å². The van der Waals surface area contributed by atoms with Crippen molar-refractivity contribution in [3.63, 3.8) is 0 Å². The van der Waals surface area contributed by atoms with Crippen LogP contribution in [0.15, 0.2) is 30.0 Å². The summed E-state index contributed by atoms with van der Waals surface area (Å²) in [5.41, 5.74) is 8.54. The molecule has 1 amide bonds. The van der Waals surface area contributed by atoms with Gasteiger partial charge < -0.3 is 15.4 Å². The number of hydrogen-bond acceptors (Lipinski definition) is 5. The van der Waals surface area contributed by atoms with E-state index in [1.807, 2.05) is 17.0 Å². The van der Waals surface area contributed by atoms with E-state index in [1.54, 1.807) is 13.3 Å². The van der Waals surface area contributed by atoms with Crippen LogP contribution in [0.1, 0.15) is 16.1 Å². The van der Waals surface area contributed by atoms with Crippen LogP contribution in [0, 0.1) is 0 Å². The quantitative estimate of drug-likeness (QED) is 0.883. The summed E-state index contributed by atoms with van der Waals surface area (Å²) >= 11 is 1.41. The van der Waals surface area contributed by atoms with E-state index in [-0.39, 0.29) is 5.91 Å². The molecule has 2 aromatic rings. The van der Waals surface area contributed by atoms with Crippen molar-refractivity contribution in [1.82, 2.24) is 9.88 Å². The molecule has 2 N–H and O–H groups in total. The van der Waals surface area contributed by atoms with Gasteiger partial charge in [-0.3, -0.25) is 9.78 Å². The van der Waals surface area contributed by atoms with Gasteiger partial charge >= 0.3 is 0 Å². The number of methoxy groups -OCH3 is 1. The van der Waals surface area contributed by atoms with Crippen molar-refractivity contribution in [2.75, 3.05) is 32.5 Å². The molecule has 3 heterocycles. The molecular weight excluding hydrogens is 286 g/mol. The van der Waals surface area contributed by atoms with Gasteiger partial charge in [0.2, 0.25) is 0 Å². The van der Waals surface area contributed by atoms with Crippen molar-refractivity contribution < 1.29 is 9.53 Å². The Bertz CT molecular complexity index is 708. The van der Waals surface area contributed by atoms with Crippen molar-refractivity contribution >= 4 is 33.1 Å². The molecule has 1 aliphatic rings. The van der Waals surface area contributed by atoms with Crippen LogP contribution in [0.5, 0.6) is 0 Å². The number of nitrogens with two attached hydrogens (primary N) is 1. The number of hydrogen-bond donors (Lipinski definition) is 1. The maximum absolute atomic E-state index is 12.6. The largest absolute Gasteiger partial charge is 0.396 e. The molecule has 0 bridgehead atoms. The molecule has 1 aliphatic heterocycles. The van der Waals surface area contributed by atoms with E-state index in [0.717, 1.165) is 16.6 Å². The lowest BCUT2D eigenvalue weighted by atomic mass is 10.1. The maximum atomic E-state index is 12.6. The molecule has 6 heteroatoms. The first kappa shape index (κ1) is 14.0. The lowest BCUT2D eigenvalue weighted by Crippen LogP contribution is -2.35. The minimum absolute atomic E-state index is 0.0109. The number of nitrogens with zero attached hydrogens (tertiary/aromatic N) is 2. The Morgan fingerprint density at radius 1 is 1.57 bits per heavy atom. The summed E-state index contributed by atoms with van der Waals surface area (Å²) in [6.45, 7) is 1.95. The molecule has 0 aliphatic carbocycles. The average Bonchev–Trinajstić information content (AvgIpc) is 2.85. The van der Waals surface area contributed by atoms with Crippen LogP contribution in [0.25, 0.3) is 10.2 Å². The Morgan fingerprint density at radius 2 is 2.43 bits per heavy atom. The average molecular weight is 303 g/mol. The number of ether oxygens (including phenoxy) is 1. The van der Waals surface area contributed by atoms with Crippen LogP contribution in [0.2, 0.25) is 0 Å². The van der Waals surface area contributed by atoms with Gasteiger partial charge in [-0.2, -0.15) is 0 Å². The normalized spacial score (nSPS) is 15.3. The zero-order valence-electron chi connectivity index (χ0n) is 11.8. The number of anilines is 1. The molecule has 2 aromatic heterocycles. The number of pyridine rings is 1. The van der Waals surface area contributed by atoms with Crippen LogP contribution in [-0.4, -0.2) is 42.6 Å². The van der Waals surface area contributed by atoms with E-state index in [4.69, 9.17) is 10.5 Å². The minimum atomic E-state index is -0.0109. The second-order valence-corrected chi connectivity index (χ2v) is 6.04. The predicted molar refractivity (Wildman–Crippen MR) is 84.5 cm³/mol. The van der Waals surface area contributed by atoms with Gasteiger partial charge in [0.15, 0.2) is 0 Å². The van der Waals surface area contributed by atoms with Crippen LogP contribution in [0.3, 0.4) is 0 Å². The fraction of sp³-hybridized carbons (Fsp3) is 0.333. The van der Waals surface area contributed by atoms with Gasteiger partial charge in [0.25, 0.3) is 5.91 Å². The first-order chi connectivity index (χ1) is 10.2. The summed E-state index contributed by atoms with van der Waals surface area (Å²) in [7, 11) is 1.68. The summed E-state index contributed by atoms with van der Waals surface area (Å²) in [6.07, 6.45) is 4.61. The standard InChI is InChI=1S/C15H17N3O2S/c1-20-9-10-4-7-18(8-5-10)15(19)14-12(16)13-11(21-14)3-2-6-17-13/h2-4,6H,5,7-9,16H2,1H3. The predicted octanol–water partition coefficient (Wildman–Crippen LogP) is 2.30. The number of fused-ring (bicyclic) bond motifs is 1. The third-order valence-corrected chi connectivity index (χ3v) is 4.74. The minimum Gasteiger partial charge on any atom is -0.396 e. The Balaban J connectivity index is 1.83. The monoisotopic (exact) mass is 303 g/mol. The molecular formula is C15H17N3O2S. The lowest BCUT2D eigenvalue weighted by Gasteiger charge is -2.26. The number of amides is 1. The molecule has 0 fully saturated rings. The molecule has 5 nitrogen and oxygen atoms in total. The Kier molecular flexibility index (Phi) is 3.90. The van der Waals surface area contributed by atoms with Gasteiger partial charge in [-0.15, -0.1) is 11.3 Å². The molecule has 0 saturated carbocycles. The zero-order chi connectivity index (χ0) is 14.8. The smallest absolute Gasteiger partial charge is 0.266 e. The zero-order valence-corrected chi connectivity index (χ0v) is 12.7. The fourth-order valence-electron chi connectivity index (χ4n) is 2.46. The summed E-state index contributed by atoms with van der Waals surface area (Å²) in [5, 5.41) is 0. The molecule has 0 unspecified atom stereocenters. The van der Waals surface area contributed by atoms with E-state index in [2.05, 4.69) is 11.1 Å². The van der Waals surface area contributed by atoms with Crippen molar-refractivity contribution in [3.05, 3.63) is 34.9 Å². The Hall–Kier alpha value is -1.92. The molecule has 21 heavy (non-hydrogen) atoms. The van der Waals surface area contributed by atoms with Gasteiger partial charge in [-0.25, -0.2) is 0 Å². The van der Waals surface area contributed by atoms with Gasteiger partial charge in [0.1, 0.15) is 10.4 Å². The van der Waals surface area contributed by atoms with Crippen molar-refractivity contribution in [3.8, 4) is 0 Å². The summed E-state index contributed by atoms with van der Waals surface area (Å²) in [4.78, 5) is 19.3. The number of nitrogen functional groups attached to an aromatic ring is 1. The third-order valence-electron chi connectivity index (χ3n) is 3.60. The number of carbonyl (C=O) groups excluding carboxylic acids is 1. The maximum Gasteiger partial charge on any atom is 0.266 e. The van der Waals surface area contributed by atoms with Crippen LogP contribution in [0.4, 0.5) is 5.69 Å². The second-order valence-electron chi connectivity index (χ2n) is 4.99. The first-order valence-corrected chi connectivity index (χ1v) is 7.61. The molecule has 0 atom stereocenters. The summed E-state index contributed by atoms with van der Waals surface area (Å²) in [5.74, 6) is -0.0109. The Morgan fingerprint density at radius 3 is 3.10 bits per heavy atom. The van der Waals surface area contributed by atoms with Crippen LogP contribution < -0.4 is 5.73 Å². The highest BCUT2D eigenvalue weighted by molar-refractivity contribution is 7.21. The molecule has 0 spiro atoms. The van der Waals surface area contributed by atoms with Gasteiger partial charge in [-0.1, -0.05) is 6.08 Å². The van der Waals surface area contributed by atoms with Gasteiger partial charge in [0, 0.05) is 26.4 Å². The highest BCUT2D eigenvalue weighted by atomic mass is 32.1. The topological polar surface area (TPSA) is 68.5 Å². The van der Waals surface area contributed by atoms with E-state index < -0.39 is 0 Å². The highest BCUT2D eigenvalue weighted by Crippen LogP contribution is 2.33. The van der Waals surface area contributed by atoms with Crippen molar-refractivity contribution in [2.24, 2.45) is 0 Å². The molecule has 0 radical (unpaired) electrons. The second kappa shape index (κ2) is 5.83. The van der Waals surface area contributed by atoms with Crippen molar-refractivity contribution in [2.45, 2.75) is 6.42 Å². The van der Waals surface area contributed by atoms with Crippen LogP contribution in [-0.2, 0) is 4.74 Å². The van der Waals surface area contributed by atoms with Gasteiger partial charge in [0.05, 0.1) is 17.0 Å². The lowest BCUT2D eigenvalue weighted by molar-refractivity contribution is 0.0770. The number of thiophene rings is 1. The summed E-state index contributed by atoms with van der Waals surface area (Å²) < 4.78 is 6.07. The number of aromatic nitrogens is 1. The van der Waals surface area contributed by atoms with E-state index in [9.17, 15) is 4.79 Å². The SMILES string of the molecule is COCC1=CCN(C(=O)c2sc3cccnc3c2N)CC1. The van der Waals surface area contributed by atoms with E-state index >= 15 is 0 Å². The third kappa shape index (κ3) is 2.64. The number of carbonyl (C=O) groups is 1. The molecule has 0 saturated heterocycles. The van der Waals surface area contributed by atoms with Crippen molar-refractivity contribution in [1.29, 1.82) is 0 Å². The first-order valence-electron chi connectivity index (χ1n) is 6.80.